The van der Waals surface area contributed by atoms with Crippen molar-refractivity contribution in [1.82, 2.24) is 4.31 Å². The molecule has 170 valence electrons. The van der Waals surface area contributed by atoms with Gasteiger partial charge in [-0.25, -0.2) is 8.42 Å². The van der Waals surface area contributed by atoms with Crippen LogP contribution in [0.1, 0.15) is 89.5 Å². The van der Waals surface area contributed by atoms with Crippen LogP contribution in [0.2, 0.25) is 0 Å². The summed E-state index contributed by atoms with van der Waals surface area (Å²) in [6.45, 7) is 4.05. The first-order valence-corrected chi connectivity index (χ1v) is 13.3. The van der Waals surface area contributed by atoms with Gasteiger partial charge in [0.2, 0.25) is 10.0 Å². The number of aliphatic hydroxyl groups is 1. The smallest absolute Gasteiger partial charge is 0.244 e. The Morgan fingerprint density at radius 2 is 1.43 bits per heavy atom. The van der Waals surface area contributed by atoms with Gasteiger partial charge >= 0.3 is 0 Å². The molecule has 0 aromatic heterocycles. The Morgan fingerprint density at radius 3 is 1.97 bits per heavy atom. The second kappa shape index (κ2) is 13.3. The van der Waals surface area contributed by atoms with Crippen molar-refractivity contribution in [2.24, 2.45) is 0 Å². The topological polar surface area (TPSA) is 57.4 Å². The van der Waals surface area contributed by atoms with Crippen LogP contribution in [0.25, 0.3) is 0 Å². The molecule has 0 spiro atoms. The minimum absolute atomic E-state index is 0.140. The average molecular weight is 436 g/mol. The first kappa shape index (κ1) is 25.1. The van der Waals surface area contributed by atoms with Crippen LogP contribution in [-0.4, -0.2) is 36.5 Å². The summed E-state index contributed by atoms with van der Waals surface area (Å²) in [6, 6.07) is 6.36. The molecule has 1 aromatic carbocycles. The molecule has 0 amide bonds. The molecule has 1 aliphatic rings. The van der Waals surface area contributed by atoms with Gasteiger partial charge in [-0.2, -0.15) is 4.31 Å². The van der Waals surface area contributed by atoms with Gasteiger partial charge in [0, 0.05) is 0 Å². The SMILES string of the molecule is CCCCCCCCCCCCC/C=C/C1C(CO)N1S(=O)(=O)c1ccc(C)cc1. The highest BCUT2D eigenvalue weighted by atomic mass is 32.2. The van der Waals surface area contributed by atoms with E-state index in [0.29, 0.717) is 4.90 Å². The lowest BCUT2D eigenvalue weighted by atomic mass is 10.1. The maximum atomic E-state index is 12.8. The summed E-state index contributed by atoms with van der Waals surface area (Å²) in [7, 11) is -3.54. The normalized spacial score (nSPS) is 21.4. The van der Waals surface area contributed by atoms with Crippen molar-refractivity contribution in [3.63, 3.8) is 0 Å². The third-order valence-corrected chi connectivity index (χ3v) is 7.95. The molecule has 1 saturated heterocycles. The predicted octanol–water partition coefficient (Wildman–Crippen LogP) is 5.99. The number of sulfonamides is 1. The van der Waals surface area contributed by atoms with Crippen LogP contribution in [0.3, 0.4) is 0 Å². The van der Waals surface area contributed by atoms with Gasteiger partial charge in [-0.1, -0.05) is 101 Å². The second-order valence-corrected chi connectivity index (χ2v) is 10.5. The lowest BCUT2D eigenvalue weighted by molar-refractivity contribution is 0.286. The summed E-state index contributed by atoms with van der Waals surface area (Å²) in [5.74, 6) is 0. The van der Waals surface area contributed by atoms with Crippen LogP contribution >= 0.6 is 0 Å². The number of benzene rings is 1. The Hall–Kier alpha value is -1.17. The number of allylic oxidation sites excluding steroid dienone is 1. The lowest BCUT2D eigenvalue weighted by Crippen LogP contribution is -2.16. The molecule has 3 unspecified atom stereocenters. The van der Waals surface area contributed by atoms with Gasteiger partial charge in [0.15, 0.2) is 0 Å². The Kier molecular flexibility index (Phi) is 11.1. The van der Waals surface area contributed by atoms with Gasteiger partial charge in [-0.3, -0.25) is 0 Å². The zero-order valence-corrected chi connectivity index (χ0v) is 19.7. The zero-order chi connectivity index (χ0) is 21.8. The van der Waals surface area contributed by atoms with Gasteiger partial charge in [0.1, 0.15) is 0 Å². The molecule has 4 nitrogen and oxygen atoms in total. The summed E-state index contributed by atoms with van der Waals surface area (Å²) in [5, 5.41) is 9.57. The monoisotopic (exact) mass is 435 g/mol. The van der Waals surface area contributed by atoms with Gasteiger partial charge in [-0.15, -0.1) is 0 Å². The van der Waals surface area contributed by atoms with Crippen LogP contribution in [0.5, 0.6) is 0 Å². The van der Waals surface area contributed by atoms with Crippen molar-refractivity contribution in [2.45, 2.75) is 108 Å². The average Bonchev–Trinajstić information content (AvgIpc) is 3.46. The van der Waals surface area contributed by atoms with Crippen molar-refractivity contribution in [3.8, 4) is 0 Å². The van der Waals surface area contributed by atoms with E-state index in [4.69, 9.17) is 0 Å². The number of hydrogen-bond donors (Lipinski definition) is 1. The summed E-state index contributed by atoms with van der Waals surface area (Å²) >= 11 is 0. The summed E-state index contributed by atoms with van der Waals surface area (Å²) in [5.41, 5.74) is 1.03. The molecule has 0 saturated carbocycles. The van der Waals surface area contributed by atoms with Crippen molar-refractivity contribution >= 4 is 10.0 Å². The van der Waals surface area contributed by atoms with E-state index in [2.05, 4.69) is 13.0 Å². The Bertz CT molecular complexity index is 727. The third-order valence-electron chi connectivity index (χ3n) is 6.02. The molecular formula is C25H41NO3S. The molecule has 1 heterocycles. The molecule has 3 atom stereocenters. The van der Waals surface area contributed by atoms with E-state index in [1.807, 2.05) is 25.1 Å². The molecule has 2 rings (SSSR count). The highest BCUT2D eigenvalue weighted by Crippen LogP contribution is 2.36. The van der Waals surface area contributed by atoms with E-state index in [1.54, 1.807) is 12.1 Å². The lowest BCUT2D eigenvalue weighted by Gasteiger charge is -2.06. The molecule has 1 aromatic rings. The number of aryl methyl sites for hydroxylation is 1. The van der Waals surface area contributed by atoms with Crippen molar-refractivity contribution in [3.05, 3.63) is 42.0 Å². The van der Waals surface area contributed by atoms with Crippen LogP contribution in [0.15, 0.2) is 41.3 Å². The molecule has 5 heteroatoms. The van der Waals surface area contributed by atoms with Crippen LogP contribution in [-0.2, 0) is 10.0 Å². The van der Waals surface area contributed by atoms with Gasteiger partial charge in [0.05, 0.1) is 23.6 Å². The van der Waals surface area contributed by atoms with E-state index in [1.165, 1.54) is 68.5 Å². The highest BCUT2D eigenvalue weighted by molar-refractivity contribution is 7.89. The van der Waals surface area contributed by atoms with Gasteiger partial charge < -0.3 is 5.11 Å². The van der Waals surface area contributed by atoms with E-state index < -0.39 is 10.0 Å². The number of hydrogen-bond acceptors (Lipinski definition) is 3. The minimum Gasteiger partial charge on any atom is -0.395 e. The standard InChI is InChI=1S/C25H41NO3S/c1-3-4-5-6-7-8-9-10-11-12-13-14-15-16-24-25(21-27)26(24)30(28,29)23-19-17-22(2)18-20-23/h15-20,24-25,27H,3-14,21H2,1-2H3/b16-15+. The molecule has 0 aliphatic carbocycles. The van der Waals surface area contributed by atoms with Crippen molar-refractivity contribution in [2.75, 3.05) is 6.61 Å². The fourth-order valence-corrected chi connectivity index (χ4v) is 5.76. The molecule has 1 N–H and O–H groups in total. The van der Waals surface area contributed by atoms with Crippen LogP contribution in [0, 0.1) is 6.92 Å². The third kappa shape index (κ3) is 7.82. The first-order valence-electron chi connectivity index (χ1n) is 11.9. The number of rotatable bonds is 16. The first-order chi connectivity index (χ1) is 14.5. The van der Waals surface area contributed by atoms with Gasteiger partial charge in [-0.05, 0) is 31.9 Å². The Labute approximate surface area is 184 Å². The number of unbranched alkanes of at least 4 members (excludes halogenated alkanes) is 11. The summed E-state index contributed by atoms with van der Waals surface area (Å²) in [4.78, 5) is 0.299. The van der Waals surface area contributed by atoms with Crippen molar-refractivity contribution in [1.29, 1.82) is 0 Å². The minimum atomic E-state index is -3.54. The van der Waals surface area contributed by atoms with Crippen LogP contribution in [0.4, 0.5) is 0 Å². The summed E-state index contributed by atoms with van der Waals surface area (Å²) < 4.78 is 27.0. The largest absolute Gasteiger partial charge is 0.395 e. The number of nitrogens with zero attached hydrogens (tertiary/aromatic N) is 1. The van der Waals surface area contributed by atoms with E-state index in [9.17, 15) is 13.5 Å². The quantitative estimate of drug-likeness (QED) is 0.197. The molecule has 1 fully saturated rings. The van der Waals surface area contributed by atoms with E-state index >= 15 is 0 Å². The number of aliphatic hydroxyl groups excluding tert-OH is 1. The zero-order valence-electron chi connectivity index (χ0n) is 18.9. The second-order valence-electron chi connectivity index (χ2n) is 8.64. The molecule has 30 heavy (non-hydrogen) atoms. The van der Waals surface area contributed by atoms with Crippen molar-refractivity contribution < 1.29 is 13.5 Å². The summed E-state index contributed by atoms with van der Waals surface area (Å²) in [6.07, 6.45) is 19.6. The fourth-order valence-electron chi connectivity index (χ4n) is 4.01. The van der Waals surface area contributed by atoms with E-state index in [-0.39, 0.29) is 18.7 Å². The maximum Gasteiger partial charge on any atom is 0.244 e. The Morgan fingerprint density at radius 1 is 0.900 bits per heavy atom. The molecule has 0 radical (unpaired) electrons. The molecule has 0 bridgehead atoms. The highest BCUT2D eigenvalue weighted by Gasteiger charge is 2.53. The molecular weight excluding hydrogens is 394 g/mol. The maximum absolute atomic E-state index is 12.8. The van der Waals surface area contributed by atoms with Crippen LogP contribution < -0.4 is 0 Å². The predicted molar refractivity (Wildman–Crippen MR) is 125 cm³/mol. The Balaban J connectivity index is 1.61. The molecule has 1 aliphatic heterocycles. The van der Waals surface area contributed by atoms with E-state index in [0.717, 1.165) is 18.4 Å². The van der Waals surface area contributed by atoms with Gasteiger partial charge in [0.25, 0.3) is 0 Å². The fraction of sp³-hybridized carbons (Fsp3) is 0.680.